The van der Waals surface area contributed by atoms with Crippen LogP contribution in [0.25, 0.3) is 10.3 Å². The Morgan fingerprint density at radius 2 is 1.92 bits per heavy atom. The van der Waals surface area contributed by atoms with Crippen molar-refractivity contribution in [3.8, 4) is 11.5 Å². The molecule has 12 heteroatoms. The van der Waals surface area contributed by atoms with Gasteiger partial charge in [0, 0.05) is 18.2 Å². The molecule has 1 saturated heterocycles. The number of halogens is 2. The van der Waals surface area contributed by atoms with E-state index in [1.165, 1.54) is 14.2 Å². The highest BCUT2D eigenvalue weighted by Gasteiger charge is 2.34. The zero-order valence-electron chi connectivity index (χ0n) is 21.3. The molecule has 1 atom stereocenters. The molecule has 0 aliphatic carbocycles. The molecule has 1 aliphatic rings. The number of fused-ring (bicyclic) bond motifs is 1. The minimum Gasteiger partial charge on any atom is -0.497 e. The highest BCUT2D eigenvalue weighted by atomic mass is 32.1. The van der Waals surface area contributed by atoms with E-state index in [2.05, 4.69) is 9.97 Å². The Bertz CT molecular complexity index is 1540. The number of likely N-dealkylation sites (tertiary alicyclic amines) is 1. The van der Waals surface area contributed by atoms with E-state index in [9.17, 15) is 18.4 Å². The molecule has 0 saturated carbocycles. The molecule has 0 unspecified atom stereocenters. The summed E-state index contributed by atoms with van der Waals surface area (Å²) in [6.07, 6.45) is -2.16. The zero-order valence-corrected chi connectivity index (χ0v) is 22.1. The zero-order chi connectivity index (χ0) is 27.5. The number of alkyl halides is 2. The first kappa shape index (κ1) is 26.5. The van der Waals surface area contributed by atoms with Gasteiger partial charge in [-0.25, -0.2) is 23.5 Å². The van der Waals surface area contributed by atoms with Crippen LogP contribution >= 0.6 is 11.3 Å². The molecule has 2 aromatic carbocycles. The topological polar surface area (TPSA) is 95.8 Å². The predicted octanol–water partition coefficient (Wildman–Crippen LogP) is 5.33. The number of thiazole rings is 1. The molecule has 1 fully saturated rings. The molecule has 0 bridgehead atoms. The lowest BCUT2D eigenvalue weighted by atomic mass is 10.2. The van der Waals surface area contributed by atoms with Crippen molar-refractivity contribution in [3.63, 3.8) is 0 Å². The van der Waals surface area contributed by atoms with Crippen LogP contribution in [0.3, 0.4) is 0 Å². The van der Waals surface area contributed by atoms with Gasteiger partial charge >= 0.3 is 6.09 Å². The van der Waals surface area contributed by atoms with E-state index in [1.807, 2.05) is 30.3 Å². The first-order valence-electron chi connectivity index (χ1n) is 12.3. The normalized spacial score (nSPS) is 15.2. The van der Waals surface area contributed by atoms with Gasteiger partial charge < -0.3 is 14.2 Å². The van der Waals surface area contributed by atoms with Gasteiger partial charge in [-0.05, 0) is 30.5 Å². The van der Waals surface area contributed by atoms with Gasteiger partial charge in [-0.15, -0.1) is 0 Å². The summed E-state index contributed by atoms with van der Waals surface area (Å²) in [5, 5.41) is 0.462. The molecule has 1 amide bonds. The van der Waals surface area contributed by atoms with Gasteiger partial charge in [0.05, 0.1) is 26.8 Å². The second-order valence-electron chi connectivity index (χ2n) is 8.94. The Kier molecular flexibility index (Phi) is 7.73. The Morgan fingerprint density at radius 1 is 1.13 bits per heavy atom. The minimum atomic E-state index is -2.99. The quantitative estimate of drug-likeness (QED) is 0.290. The van der Waals surface area contributed by atoms with Gasteiger partial charge in [0.1, 0.15) is 23.1 Å². The van der Waals surface area contributed by atoms with Gasteiger partial charge in [-0.3, -0.25) is 14.3 Å². The molecule has 204 valence electrons. The maximum absolute atomic E-state index is 14.1. The molecule has 9 nitrogen and oxygen atoms in total. The van der Waals surface area contributed by atoms with E-state index in [0.717, 1.165) is 27.9 Å². The molecule has 1 aliphatic heterocycles. The number of ether oxygens (including phenoxy) is 3. The summed E-state index contributed by atoms with van der Waals surface area (Å²) in [6.45, 7) is 0.399. The molecule has 0 N–H and O–H groups in total. The van der Waals surface area contributed by atoms with E-state index in [0.29, 0.717) is 35.0 Å². The Hall–Kier alpha value is -4.06. The van der Waals surface area contributed by atoms with Crippen molar-refractivity contribution in [1.82, 2.24) is 19.4 Å². The van der Waals surface area contributed by atoms with Gasteiger partial charge in [-0.1, -0.05) is 41.7 Å². The average Bonchev–Trinajstić information content (AvgIpc) is 3.61. The Balaban J connectivity index is 1.45. The summed E-state index contributed by atoms with van der Waals surface area (Å²) in [5.74, 6) is 0.250. The third-order valence-corrected chi connectivity index (χ3v) is 7.61. The summed E-state index contributed by atoms with van der Waals surface area (Å²) in [7, 11) is 2.95. The second-order valence-corrected chi connectivity index (χ2v) is 9.95. The van der Waals surface area contributed by atoms with Crippen molar-refractivity contribution in [1.29, 1.82) is 0 Å². The summed E-state index contributed by atoms with van der Waals surface area (Å²) in [4.78, 5) is 36.6. The number of carbonyl (C=O) groups is 1. The number of hydrogen-bond acceptors (Lipinski definition) is 8. The van der Waals surface area contributed by atoms with Crippen molar-refractivity contribution in [3.05, 3.63) is 80.8 Å². The van der Waals surface area contributed by atoms with Crippen LogP contribution in [0, 0.1) is 0 Å². The number of benzene rings is 2. The van der Waals surface area contributed by atoms with E-state index < -0.39 is 29.9 Å². The maximum atomic E-state index is 14.1. The molecule has 2 aromatic heterocycles. The summed E-state index contributed by atoms with van der Waals surface area (Å²) in [5.41, 5.74) is 0.657. The van der Waals surface area contributed by atoms with Crippen LogP contribution in [0.5, 0.6) is 11.5 Å². The molecule has 0 radical (unpaired) electrons. The lowest BCUT2D eigenvalue weighted by Gasteiger charge is -2.22. The van der Waals surface area contributed by atoms with E-state index in [4.69, 9.17) is 14.2 Å². The fraction of sp³-hybridized carbons (Fsp3) is 0.333. The number of nitrogens with zero attached hydrogens (tertiary/aromatic N) is 4. The molecule has 0 spiro atoms. The van der Waals surface area contributed by atoms with Crippen LogP contribution in [-0.2, 0) is 17.9 Å². The molecule has 4 aromatic rings. The number of carbonyl (C=O) groups excluding carboxylic acids is 1. The van der Waals surface area contributed by atoms with Crippen LogP contribution in [0.4, 0.5) is 13.6 Å². The smallest absolute Gasteiger partial charge is 0.410 e. The van der Waals surface area contributed by atoms with Crippen molar-refractivity contribution < 1.29 is 27.8 Å². The first-order chi connectivity index (χ1) is 18.9. The lowest BCUT2D eigenvalue weighted by Crippen LogP contribution is -2.31. The average molecular weight is 557 g/mol. The highest BCUT2D eigenvalue weighted by Crippen LogP contribution is 2.36. The Labute approximate surface area is 226 Å². The molecular formula is C27H26F2N4O5S. The lowest BCUT2D eigenvalue weighted by molar-refractivity contribution is 0.0920. The van der Waals surface area contributed by atoms with Crippen molar-refractivity contribution in [2.45, 2.75) is 38.5 Å². The summed E-state index contributed by atoms with van der Waals surface area (Å²) >= 11 is 1.04. The van der Waals surface area contributed by atoms with Crippen molar-refractivity contribution in [2.75, 3.05) is 20.8 Å². The second kappa shape index (κ2) is 11.4. The third kappa shape index (κ3) is 5.42. The van der Waals surface area contributed by atoms with Gasteiger partial charge in [0.15, 0.2) is 16.2 Å². The number of hydrogen-bond donors (Lipinski definition) is 0. The first-order valence-corrected chi connectivity index (χ1v) is 13.1. The largest absolute Gasteiger partial charge is 0.497 e. The minimum absolute atomic E-state index is 0.0172. The van der Waals surface area contributed by atoms with Gasteiger partial charge in [-0.2, -0.15) is 0 Å². The van der Waals surface area contributed by atoms with Gasteiger partial charge in [0.2, 0.25) is 0 Å². The van der Waals surface area contributed by atoms with Gasteiger partial charge in [0.25, 0.3) is 12.0 Å². The SMILES string of the molecule is COc1ccc(Cn2c(C(F)F)nc3sc([C@H]4CCCN4C(=O)OCc4ccccc4)nc3c2=O)c(OC)c1. The van der Waals surface area contributed by atoms with E-state index in [1.54, 1.807) is 23.1 Å². The summed E-state index contributed by atoms with van der Waals surface area (Å²) < 4.78 is 45.1. The van der Waals surface area contributed by atoms with Crippen LogP contribution in [0.2, 0.25) is 0 Å². The molecular weight excluding hydrogens is 530 g/mol. The van der Waals surface area contributed by atoms with Crippen LogP contribution in [0.1, 0.15) is 47.3 Å². The molecule has 3 heterocycles. The number of methoxy groups -OCH3 is 2. The standard InChI is InChI=1S/C27H26F2N4O5S/c1-36-18-11-10-17(20(13-18)37-2)14-33-23(22(28)29)31-25-21(26(33)34)30-24(39-25)19-9-6-12-32(19)27(35)38-15-16-7-4-3-5-8-16/h3-5,7-8,10-11,13,19,22H,6,9,12,14-15H2,1-2H3/t19-/m1/s1. The van der Waals surface area contributed by atoms with E-state index >= 15 is 0 Å². The monoisotopic (exact) mass is 556 g/mol. The van der Waals surface area contributed by atoms with E-state index in [-0.39, 0.29) is 23.5 Å². The fourth-order valence-electron chi connectivity index (χ4n) is 4.60. The Morgan fingerprint density at radius 3 is 2.64 bits per heavy atom. The fourth-order valence-corrected chi connectivity index (χ4v) is 5.68. The summed E-state index contributed by atoms with van der Waals surface area (Å²) in [6, 6.07) is 13.8. The molecule has 5 rings (SSSR count). The number of amides is 1. The molecule has 39 heavy (non-hydrogen) atoms. The van der Waals surface area contributed by atoms with Crippen LogP contribution in [-0.4, -0.2) is 46.3 Å². The van der Waals surface area contributed by atoms with Crippen LogP contribution in [0.15, 0.2) is 53.3 Å². The third-order valence-electron chi connectivity index (χ3n) is 6.56. The van der Waals surface area contributed by atoms with Crippen LogP contribution < -0.4 is 15.0 Å². The maximum Gasteiger partial charge on any atom is 0.410 e. The number of aromatic nitrogens is 3. The predicted molar refractivity (Wildman–Crippen MR) is 141 cm³/mol. The number of rotatable bonds is 8. The highest BCUT2D eigenvalue weighted by molar-refractivity contribution is 7.18. The van der Waals surface area contributed by atoms with Crippen molar-refractivity contribution in [2.24, 2.45) is 0 Å². The van der Waals surface area contributed by atoms with Crippen molar-refractivity contribution >= 4 is 27.8 Å².